The molecule has 2 N–H and O–H groups in total. The van der Waals surface area contributed by atoms with Crippen molar-refractivity contribution < 1.29 is 23.5 Å². The van der Waals surface area contributed by atoms with Gasteiger partial charge in [0.05, 0.1) is 23.2 Å². The van der Waals surface area contributed by atoms with Gasteiger partial charge in [0.15, 0.2) is 5.52 Å². The largest absolute Gasteiger partial charge is 0.473 e. The standard InChI is InChI=1S/C27H33FN6O4/c1-16(18-12-23(35)29-14-18)37-25-24-21(30-15-31-24)13-20(32-25)17-5-6-22(19(28)11-17)33-7-9-34(10-8-33)26(36)38-27(2,3)4/h5-6,11,13,15-16,18H,7-10,12,14H2,1-4H3,(H,29,35)(H,30,31)/t16-,18-/m1/s1. The number of H-pyrrole nitrogens is 1. The molecular weight excluding hydrogens is 491 g/mol. The molecular formula is C27H33FN6O4. The molecule has 4 heterocycles. The number of ether oxygens (including phenoxy) is 2. The first-order valence-corrected chi connectivity index (χ1v) is 12.9. The van der Waals surface area contributed by atoms with Crippen LogP contribution in [0.5, 0.6) is 5.88 Å². The Bertz CT molecular complexity index is 1350. The quantitative estimate of drug-likeness (QED) is 0.523. The first-order chi connectivity index (χ1) is 18.1. The fourth-order valence-electron chi connectivity index (χ4n) is 4.76. The summed E-state index contributed by atoms with van der Waals surface area (Å²) in [6.07, 6.45) is 1.37. The maximum atomic E-state index is 15.3. The molecule has 0 saturated carbocycles. The average molecular weight is 525 g/mol. The van der Waals surface area contributed by atoms with Crippen LogP contribution in [0.1, 0.15) is 34.1 Å². The minimum atomic E-state index is -0.556. The van der Waals surface area contributed by atoms with E-state index in [1.807, 2.05) is 44.7 Å². The lowest BCUT2D eigenvalue weighted by molar-refractivity contribution is -0.119. The molecule has 10 nitrogen and oxygen atoms in total. The van der Waals surface area contributed by atoms with Gasteiger partial charge in [-0.25, -0.2) is 19.2 Å². The molecule has 2 fully saturated rings. The fraction of sp³-hybridized carbons (Fsp3) is 0.481. The van der Waals surface area contributed by atoms with Crippen LogP contribution in [0.15, 0.2) is 30.6 Å². The van der Waals surface area contributed by atoms with Gasteiger partial charge in [0, 0.05) is 50.6 Å². The SMILES string of the molecule is C[C@@H](Oc1nc(-c2ccc(N3CCN(C(=O)OC(C)(C)C)CC3)c(F)c2)cc2[nH]cnc12)[C@H]1CNC(=O)C1. The highest BCUT2D eigenvalue weighted by atomic mass is 19.1. The predicted octanol–water partition coefficient (Wildman–Crippen LogP) is 3.72. The van der Waals surface area contributed by atoms with Crippen molar-refractivity contribution in [2.75, 3.05) is 37.6 Å². The Labute approximate surface area is 220 Å². The van der Waals surface area contributed by atoms with Gasteiger partial charge in [-0.3, -0.25) is 4.79 Å². The van der Waals surface area contributed by atoms with Gasteiger partial charge in [-0.15, -0.1) is 0 Å². The monoisotopic (exact) mass is 524 g/mol. The summed E-state index contributed by atoms with van der Waals surface area (Å²) in [7, 11) is 0. The molecule has 0 unspecified atom stereocenters. The number of carbonyl (C=O) groups excluding carboxylic acids is 2. The number of fused-ring (bicyclic) bond motifs is 1. The number of nitrogens with one attached hydrogen (secondary N) is 2. The highest BCUT2D eigenvalue weighted by Gasteiger charge is 2.29. The van der Waals surface area contributed by atoms with E-state index in [9.17, 15) is 9.59 Å². The van der Waals surface area contributed by atoms with Gasteiger partial charge in [0.1, 0.15) is 17.5 Å². The predicted molar refractivity (Wildman–Crippen MR) is 141 cm³/mol. The molecule has 2 aromatic heterocycles. The van der Waals surface area contributed by atoms with Crippen LogP contribution in [0.2, 0.25) is 0 Å². The summed E-state index contributed by atoms with van der Waals surface area (Å²) in [5.41, 5.74) is 2.37. The number of amides is 2. The summed E-state index contributed by atoms with van der Waals surface area (Å²) < 4.78 is 26.9. The van der Waals surface area contributed by atoms with Gasteiger partial charge >= 0.3 is 6.09 Å². The van der Waals surface area contributed by atoms with E-state index in [-0.39, 0.29) is 29.8 Å². The maximum Gasteiger partial charge on any atom is 0.410 e. The van der Waals surface area contributed by atoms with Crippen molar-refractivity contribution in [3.05, 3.63) is 36.4 Å². The van der Waals surface area contributed by atoms with Crippen LogP contribution >= 0.6 is 0 Å². The van der Waals surface area contributed by atoms with Crippen molar-refractivity contribution in [3.8, 4) is 17.1 Å². The molecule has 202 valence electrons. The van der Waals surface area contributed by atoms with Crippen LogP contribution in [0.3, 0.4) is 0 Å². The van der Waals surface area contributed by atoms with Gasteiger partial charge < -0.3 is 29.6 Å². The number of aromatic nitrogens is 3. The Hall–Kier alpha value is -3.89. The zero-order chi connectivity index (χ0) is 27.0. The van der Waals surface area contributed by atoms with E-state index in [0.29, 0.717) is 67.5 Å². The molecule has 2 aliphatic rings. The van der Waals surface area contributed by atoms with Crippen LogP contribution in [-0.2, 0) is 9.53 Å². The van der Waals surface area contributed by atoms with E-state index in [1.165, 1.54) is 6.07 Å². The summed E-state index contributed by atoms with van der Waals surface area (Å²) in [5.74, 6) is 0.0211. The summed E-state index contributed by atoms with van der Waals surface area (Å²) in [4.78, 5) is 39.6. The van der Waals surface area contributed by atoms with E-state index in [1.54, 1.807) is 17.3 Å². The lowest BCUT2D eigenvalue weighted by atomic mass is 10.0. The number of piperazine rings is 1. The van der Waals surface area contributed by atoms with Crippen LogP contribution < -0.4 is 15.0 Å². The molecule has 2 saturated heterocycles. The fourth-order valence-corrected chi connectivity index (χ4v) is 4.76. The maximum absolute atomic E-state index is 15.3. The third kappa shape index (κ3) is 5.51. The van der Waals surface area contributed by atoms with E-state index in [0.717, 1.165) is 5.52 Å². The molecule has 3 aromatic rings. The lowest BCUT2D eigenvalue weighted by Gasteiger charge is -2.36. The van der Waals surface area contributed by atoms with E-state index in [4.69, 9.17) is 9.47 Å². The summed E-state index contributed by atoms with van der Waals surface area (Å²) in [6.45, 7) is 9.89. The van der Waals surface area contributed by atoms with Gasteiger partial charge in [0.2, 0.25) is 11.8 Å². The summed E-state index contributed by atoms with van der Waals surface area (Å²) in [6, 6.07) is 6.85. The minimum absolute atomic E-state index is 0.0129. The van der Waals surface area contributed by atoms with Crippen LogP contribution in [-0.4, -0.2) is 76.3 Å². The molecule has 11 heteroatoms. The number of imidazole rings is 1. The molecule has 0 spiro atoms. The number of carbonyl (C=O) groups is 2. The summed E-state index contributed by atoms with van der Waals surface area (Å²) >= 11 is 0. The number of pyridine rings is 1. The highest BCUT2D eigenvalue weighted by Crippen LogP contribution is 2.32. The van der Waals surface area contributed by atoms with Crippen molar-refractivity contribution in [3.63, 3.8) is 0 Å². The molecule has 0 radical (unpaired) electrons. The Morgan fingerprint density at radius 3 is 2.61 bits per heavy atom. The Balaban J connectivity index is 1.32. The Morgan fingerprint density at radius 2 is 1.95 bits per heavy atom. The van der Waals surface area contributed by atoms with Crippen molar-refractivity contribution >= 4 is 28.7 Å². The molecule has 0 aliphatic carbocycles. The van der Waals surface area contributed by atoms with Gasteiger partial charge in [0.25, 0.3) is 0 Å². The third-order valence-corrected chi connectivity index (χ3v) is 6.86. The molecule has 2 amide bonds. The second-order valence-corrected chi connectivity index (χ2v) is 10.8. The minimum Gasteiger partial charge on any atom is -0.473 e. The molecule has 2 aliphatic heterocycles. The van der Waals surface area contributed by atoms with Crippen molar-refractivity contribution in [1.82, 2.24) is 25.2 Å². The normalized spacial score (nSPS) is 19.0. The van der Waals surface area contributed by atoms with Crippen LogP contribution in [0.25, 0.3) is 22.3 Å². The van der Waals surface area contributed by atoms with E-state index >= 15 is 4.39 Å². The number of hydrogen-bond acceptors (Lipinski definition) is 7. The highest BCUT2D eigenvalue weighted by molar-refractivity contribution is 5.84. The van der Waals surface area contributed by atoms with Crippen LogP contribution in [0, 0.1) is 11.7 Å². The van der Waals surface area contributed by atoms with Gasteiger partial charge in [-0.2, -0.15) is 0 Å². The number of rotatable bonds is 5. The van der Waals surface area contributed by atoms with E-state index < -0.39 is 5.60 Å². The second kappa shape index (κ2) is 10.1. The van der Waals surface area contributed by atoms with E-state index in [2.05, 4.69) is 20.3 Å². The van der Waals surface area contributed by atoms with Crippen molar-refractivity contribution in [2.24, 2.45) is 5.92 Å². The first-order valence-electron chi connectivity index (χ1n) is 12.9. The molecule has 38 heavy (non-hydrogen) atoms. The number of anilines is 1. The average Bonchev–Trinajstić information content (AvgIpc) is 3.52. The number of hydrogen-bond donors (Lipinski definition) is 2. The number of halogens is 1. The second-order valence-electron chi connectivity index (χ2n) is 10.8. The van der Waals surface area contributed by atoms with Crippen LogP contribution in [0.4, 0.5) is 14.9 Å². The van der Waals surface area contributed by atoms with Gasteiger partial charge in [-0.1, -0.05) is 6.07 Å². The topological polar surface area (TPSA) is 113 Å². The molecule has 0 bridgehead atoms. The Morgan fingerprint density at radius 1 is 1.18 bits per heavy atom. The molecule has 1 aromatic carbocycles. The summed E-state index contributed by atoms with van der Waals surface area (Å²) in [5, 5.41) is 2.83. The number of benzene rings is 1. The zero-order valence-corrected chi connectivity index (χ0v) is 22.1. The Kier molecular flexibility index (Phi) is 6.85. The molecule has 5 rings (SSSR count). The first kappa shape index (κ1) is 25.7. The third-order valence-electron chi connectivity index (χ3n) is 6.86. The van der Waals surface area contributed by atoms with Crippen molar-refractivity contribution in [2.45, 2.75) is 45.8 Å². The zero-order valence-electron chi connectivity index (χ0n) is 22.1. The number of aromatic amines is 1. The molecule has 2 atom stereocenters. The lowest BCUT2D eigenvalue weighted by Crippen LogP contribution is -2.50. The van der Waals surface area contributed by atoms with Gasteiger partial charge in [-0.05, 0) is 45.9 Å². The number of nitrogens with zero attached hydrogens (tertiary/aromatic N) is 4. The van der Waals surface area contributed by atoms with Crippen molar-refractivity contribution in [1.29, 1.82) is 0 Å². The smallest absolute Gasteiger partial charge is 0.410 e.